The predicted octanol–water partition coefficient (Wildman–Crippen LogP) is 2.10. The molecule has 2 rings (SSSR count). The van der Waals surface area contributed by atoms with Crippen LogP contribution in [0.15, 0.2) is 36.4 Å². The predicted molar refractivity (Wildman–Crippen MR) is 70.0 cm³/mol. The van der Waals surface area contributed by atoms with Gasteiger partial charge in [0.25, 0.3) is 0 Å². The van der Waals surface area contributed by atoms with Crippen LogP contribution < -0.4 is 4.74 Å². The first-order valence-electron chi connectivity index (χ1n) is 6.04. The van der Waals surface area contributed by atoms with Crippen molar-refractivity contribution in [2.24, 2.45) is 5.92 Å². The topological polar surface area (TPSA) is 52.6 Å². The molecule has 0 amide bonds. The smallest absolute Gasteiger partial charge is 0.317 e. The van der Waals surface area contributed by atoms with Crippen molar-refractivity contribution in [1.82, 2.24) is 0 Å². The maximum Gasteiger partial charge on any atom is 0.317 e. The molecule has 1 aliphatic heterocycles. The molecule has 1 heterocycles. The highest BCUT2D eigenvalue weighted by molar-refractivity contribution is 5.99. The normalized spacial score (nSPS) is 19.1. The molecule has 0 radical (unpaired) electrons. The van der Waals surface area contributed by atoms with Crippen molar-refractivity contribution in [1.29, 1.82) is 0 Å². The van der Waals surface area contributed by atoms with Crippen molar-refractivity contribution in [3.8, 4) is 5.75 Å². The lowest BCUT2D eigenvalue weighted by Gasteiger charge is -2.31. The third-order valence-corrected chi connectivity index (χ3v) is 3.33. The molecule has 2 unspecified atom stereocenters. The van der Waals surface area contributed by atoms with Crippen molar-refractivity contribution in [3.63, 3.8) is 0 Å². The Morgan fingerprint density at radius 3 is 2.74 bits per heavy atom. The summed E-state index contributed by atoms with van der Waals surface area (Å²) in [6, 6.07) is 7.37. The van der Waals surface area contributed by atoms with Crippen LogP contribution in [0.3, 0.4) is 0 Å². The van der Waals surface area contributed by atoms with Crippen LogP contribution in [0.2, 0.25) is 0 Å². The Labute approximate surface area is 112 Å². The fourth-order valence-electron chi connectivity index (χ4n) is 2.43. The number of fused-ring (bicyclic) bond motifs is 1. The fourth-order valence-corrected chi connectivity index (χ4v) is 2.43. The number of carbonyl (C=O) groups excluding carboxylic acids is 2. The monoisotopic (exact) mass is 260 g/mol. The van der Waals surface area contributed by atoms with Crippen LogP contribution in [0, 0.1) is 5.92 Å². The van der Waals surface area contributed by atoms with E-state index in [0.717, 1.165) is 5.56 Å². The maximum absolute atomic E-state index is 11.9. The first-order valence-corrected chi connectivity index (χ1v) is 6.04. The number of hydrogen-bond acceptors (Lipinski definition) is 4. The second-order valence-corrected chi connectivity index (χ2v) is 4.57. The van der Waals surface area contributed by atoms with Gasteiger partial charge >= 0.3 is 5.97 Å². The molecule has 19 heavy (non-hydrogen) atoms. The van der Waals surface area contributed by atoms with Crippen LogP contribution in [0.1, 0.15) is 18.4 Å². The minimum atomic E-state index is -0.859. The van der Waals surface area contributed by atoms with E-state index in [4.69, 9.17) is 9.47 Å². The first-order chi connectivity index (χ1) is 9.06. The lowest BCUT2D eigenvalue weighted by atomic mass is 9.77. The van der Waals surface area contributed by atoms with Gasteiger partial charge in [0.05, 0.1) is 7.11 Å². The molecule has 1 aromatic carbocycles. The van der Waals surface area contributed by atoms with Crippen LogP contribution in [0.4, 0.5) is 0 Å². The first kappa shape index (κ1) is 13.3. The summed E-state index contributed by atoms with van der Waals surface area (Å²) in [6.45, 7) is 5.63. The molecule has 4 heteroatoms. The highest BCUT2D eigenvalue weighted by atomic mass is 16.5. The van der Waals surface area contributed by atoms with E-state index in [1.54, 1.807) is 0 Å². The number of carbonyl (C=O) groups is 2. The van der Waals surface area contributed by atoms with Gasteiger partial charge in [-0.05, 0) is 18.6 Å². The number of hydrogen-bond donors (Lipinski definition) is 0. The summed E-state index contributed by atoms with van der Waals surface area (Å²) in [5.41, 5.74) is 1.52. The van der Waals surface area contributed by atoms with Crippen LogP contribution in [-0.2, 0) is 14.3 Å². The van der Waals surface area contributed by atoms with E-state index < -0.39 is 11.9 Å². The van der Waals surface area contributed by atoms with E-state index in [2.05, 4.69) is 6.58 Å². The zero-order valence-electron chi connectivity index (χ0n) is 11.0. The summed E-state index contributed by atoms with van der Waals surface area (Å²) in [6.07, 6.45) is 0. The molecule has 0 fully saturated rings. The van der Waals surface area contributed by atoms with Gasteiger partial charge in [0.1, 0.15) is 24.1 Å². The Kier molecular flexibility index (Phi) is 3.69. The number of para-hydroxylation sites is 1. The Bertz CT molecular complexity index is 533. The lowest BCUT2D eigenvalue weighted by Crippen LogP contribution is -2.34. The molecule has 0 spiro atoms. The standard InChI is InChI=1S/C15H16O4/c1-9-8-19-12-7-5-4-6-11(12)13(9)14(10(2)16)15(17)18-3/h4-7,13-14H,1,8H2,2-3H3. The molecule has 0 saturated carbocycles. The van der Waals surface area contributed by atoms with Gasteiger partial charge in [0, 0.05) is 11.5 Å². The SMILES string of the molecule is C=C1COc2ccccc2C1C(C(C)=O)C(=O)OC. The number of rotatable bonds is 3. The second kappa shape index (κ2) is 5.26. The van der Waals surface area contributed by atoms with Crippen molar-refractivity contribution in [3.05, 3.63) is 42.0 Å². The van der Waals surface area contributed by atoms with E-state index in [9.17, 15) is 9.59 Å². The summed E-state index contributed by atoms with van der Waals surface area (Å²) < 4.78 is 10.3. The molecule has 4 nitrogen and oxygen atoms in total. The van der Waals surface area contributed by atoms with E-state index in [1.165, 1.54) is 14.0 Å². The Balaban J connectivity index is 2.49. The van der Waals surface area contributed by atoms with Crippen LogP contribution in [0.25, 0.3) is 0 Å². The summed E-state index contributed by atoms with van der Waals surface area (Å²) in [5.74, 6) is -1.31. The molecule has 0 aromatic heterocycles. The number of esters is 1. The average molecular weight is 260 g/mol. The van der Waals surface area contributed by atoms with Crippen LogP contribution >= 0.6 is 0 Å². The molecule has 0 bridgehead atoms. The van der Waals surface area contributed by atoms with Gasteiger partial charge in [-0.25, -0.2) is 0 Å². The molecule has 1 aromatic rings. The lowest BCUT2D eigenvalue weighted by molar-refractivity contribution is -0.149. The number of ketones is 1. The van der Waals surface area contributed by atoms with Crippen molar-refractivity contribution in [2.75, 3.05) is 13.7 Å². The molecule has 1 aliphatic rings. The Hall–Kier alpha value is -2.10. The molecule has 0 aliphatic carbocycles. The van der Waals surface area contributed by atoms with Gasteiger partial charge in [-0.3, -0.25) is 9.59 Å². The minimum absolute atomic E-state index is 0.227. The third-order valence-electron chi connectivity index (χ3n) is 3.33. The Morgan fingerprint density at radius 1 is 1.42 bits per heavy atom. The van der Waals surface area contributed by atoms with E-state index in [1.807, 2.05) is 24.3 Å². The molecule has 100 valence electrons. The van der Waals surface area contributed by atoms with Gasteiger partial charge in [-0.15, -0.1) is 0 Å². The highest BCUT2D eigenvalue weighted by Crippen LogP contribution is 2.41. The average Bonchev–Trinajstić information content (AvgIpc) is 2.41. The fraction of sp³-hybridized carbons (Fsp3) is 0.333. The zero-order valence-corrected chi connectivity index (χ0v) is 11.0. The van der Waals surface area contributed by atoms with Crippen LogP contribution in [-0.4, -0.2) is 25.5 Å². The van der Waals surface area contributed by atoms with Crippen molar-refractivity contribution >= 4 is 11.8 Å². The highest BCUT2D eigenvalue weighted by Gasteiger charge is 2.39. The summed E-state index contributed by atoms with van der Waals surface area (Å²) in [7, 11) is 1.28. The second-order valence-electron chi connectivity index (χ2n) is 4.57. The maximum atomic E-state index is 11.9. The number of benzene rings is 1. The summed E-state index contributed by atoms with van der Waals surface area (Å²) in [5, 5.41) is 0. The summed E-state index contributed by atoms with van der Waals surface area (Å²) in [4.78, 5) is 23.7. The number of methoxy groups -OCH3 is 1. The molecular formula is C15H16O4. The van der Waals surface area contributed by atoms with Gasteiger partial charge in [0.15, 0.2) is 0 Å². The van der Waals surface area contributed by atoms with Gasteiger partial charge in [0.2, 0.25) is 0 Å². The third kappa shape index (κ3) is 2.38. The quantitative estimate of drug-likeness (QED) is 0.474. The zero-order chi connectivity index (χ0) is 14.0. The van der Waals surface area contributed by atoms with Crippen molar-refractivity contribution < 1.29 is 19.1 Å². The van der Waals surface area contributed by atoms with Gasteiger partial charge in [-0.1, -0.05) is 24.8 Å². The van der Waals surface area contributed by atoms with Gasteiger partial charge < -0.3 is 9.47 Å². The van der Waals surface area contributed by atoms with E-state index in [-0.39, 0.29) is 11.7 Å². The van der Waals surface area contributed by atoms with E-state index in [0.29, 0.717) is 17.9 Å². The summed E-state index contributed by atoms with van der Waals surface area (Å²) >= 11 is 0. The molecular weight excluding hydrogens is 244 g/mol. The van der Waals surface area contributed by atoms with Crippen LogP contribution in [0.5, 0.6) is 5.75 Å². The van der Waals surface area contributed by atoms with Crippen molar-refractivity contribution in [2.45, 2.75) is 12.8 Å². The van der Waals surface area contributed by atoms with E-state index >= 15 is 0 Å². The Morgan fingerprint density at radius 2 is 2.11 bits per heavy atom. The molecule has 2 atom stereocenters. The number of Topliss-reactive ketones (excluding diaryl/α,β-unsaturated/α-hetero) is 1. The minimum Gasteiger partial charge on any atom is -0.489 e. The largest absolute Gasteiger partial charge is 0.489 e. The molecule has 0 saturated heterocycles. The van der Waals surface area contributed by atoms with Gasteiger partial charge in [-0.2, -0.15) is 0 Å². The number of ether oxygens (including phenoxy) is 2. The molecule has 0 N–H and O–H groups in total.